The zero-order valence-electron chi connectivity index (χ0n) is 8.86. The Hall–Kier alpha value is -1.44. The van der Waals surface area contributed by atoms with Crippen LogP contribution < -0.4 is 0 Å². The molecule has 0 unspecified atom stereocenters. The van der Waals surface area contributed by atoms with Crippen LogP contribution in [0, 0.1) is 17.1 Å². The third-order valence-corrected chi connectivity index (χ3v) is 2.84. The van der Waals surface area contributed by atoms with Crippen molar-refractivity contribution >= 4 is 0 Å². The van der Waals surface area contributed by atoms with E-state index in [-0.39, 0.29) is 11.7 Å². The van der Waals surface area contributed by atoms with Gasteiger partial charge in [0.25, 0.3) is 0 Å². The summed E-state index contributed by atoms with van der Waals surface area (Å²) in [5.74, 6) is -0.439. The Morgan fingerprint density at radius 2 is 2.38 bits per heavy atom. The summed E-state index contributed by atoms with van der Waals surface area (Å²) < 4.78 is 13.7. The van der Waals surface area contributed by atoms with Crippen LogP contribution in [0.5, 0.6) is 0 Å². The summed E-state index contributed by atoms with van der Waals surface area (Å²) in [6.07, 6.45) is 0.432. The maximum atomic E-state index is 13.7. The first kappa shape index (κ1) is 11.1. The molecule has 16 heavy (non-hydrogen) atoms. The first-order valence-electron chi connectivity index (χ1n) is 5.28. The SMILES string of the molecule is N#Cc1cccc(CN2CC[C@H](O)C2)c1F. The lowest BCUT2D eigenvalue weighted by Crippen LogP contribution is -2.22. The maximum absolute atomic E-state index is 13.7. The number of nitriles is 1. The molecule has 0 bridgehead atoms. The van der Waals surface area contributed by atoms with Crippen molar-refractivity contribution < 1.29 is 9.50 Å². The molecule has 0 aromatic heterocycles. The van der Waals surface area contributed by atoms with E-state index in [1.165, 1.54) is 6.07 Å². The molecule has 1 saturated heterocycles. The molecule has 2 rings (SSSR count). The van der Waals surface area contributed by atoms with Gasteiger partial charge in [-0.2, -0.15) is 5.26 Å². The van der Waals surface area contributed by atoms with E-state index in [2.05, 4.69) is 0 Å². The van der Waals surface area contributed by atoms with Gasteiger partial charge in [-0.3, -0.25) is 4.90 Å². The Kier molecular flexibility index (Phi) is 3.18. The highest BCUT2D eigenvalue weighted by molar-refractivity contribution is 5.34. The van der Waals surface area contributed by atoms with E-state index in [9.17, 15) is 9.50 Å². The van der Waals surface area contributed by atoms with Gasteiger partial charge in [-0.05, 0) is 12.5 Å². The van der Waals surface area contributed by atoms with Crippen molar-refractivity contribution in [1.82, 2.24) is 4.90 Å². The van der Waals surface area contributed by atoms with Gasteiger partial charge in [0.05, 0.1) is 11.7 Å². The third-order valence-electron chi connectivity index (χ3n) is 2.84. The number of hydrogen-bond acceptors (Lipinski definition) is 3. The molecule has 1 aliphatic heterocycles. The fourth-order valence-corrected chi connectivity index (χ4v) is 1.98. The molecule has 0 spiro atoms. The second-order valence-electron chi connectivity index (χ2n) is 4.07. The topological polar surface area (TPSA) is 47.3 Å². The van der Waals surface area contributed by atoms with E-state index < -0.39 is 5.82 Å². The van der Waals surface area contributed by atoms with E-state index in [1.807, 2.05) is 11.0 Å². The largest absolute Gasteiger partial charge is 0.392 e. The fourth-order valence-electron chi connectivity index (χ4n) is 1.98. The molecule has 1 atom stereocenters. The molecule has 1 aliphatic rings. The number of rotatable bonds is 2. The zero-order chi connectivity index (χ0) is 11.5. The van der Waals surface area contributed by atoms with Gasteiger partial charge in [-0.25, -0.2) is 4.39 Å². The van der Waals surface area contributed by atoms with Gasteiger partial charge < -0.3 is 5.11 Å². The van der Waals surface area contributed by atoms with Crippen molar-refractivity contribution in [3.8, 4) is 6.07 Å². The average Bonchev–Trinajstić information content (AvgIpc) is 2.67. The summed E-state index contributed by atoms with van der Waals surface area (Å²) in [5, 5.41) is 18.1. The molecule has 0 amide bonds. The van der Waals surface area contributed by atoms with E-state index >= 15 is 0 Å². The zero-order valence-corrected chi connectivity index (χ0v) is 8.86. The molecule has 3 nitrogen and oxygen atoms in total. The summed E-state index contributed by atoms with van der Waals surface area (Å²) in [7, 11) is 0. The molecule has 1 N–H and O–H groups in total. The van der Waals surface area contributed by atoms with Crippen LogP contribution in [0.15, 0.2) is 18.2 Å². The number of likely N-dealkylation sites (tertiary alicyclic amines) is 1. The van der Waals surface area contributed by atoms with Crippen molar-refractivity contribution in [3.63, 3.8) is 0 Å². The quantitative estimate of drug-likeness (QED) is 0.816. The first-order valence-corrected chi connectivity index (χ1v) is 5.28. The number of benzene rings is 1. The molecule has 84 valence electrons. The molecule has 4 heteroatoms. The Balaban J connectivity index is 2.13. The number of hydrogen-bond donors (Lipinski definition) is 1. The van der Waals surface area contributed by atoms with Gasteiger partial charge in [0.1, 0.15) is 11.9 Å². The van der Waals surface area contributed by atoms with Crippen molar-refractivity contribution in [2.45, 2.75) is 19.1 Å². The minimum Gasteiger partial charge on any atom is -0.392 e. The molecular weight excluding hydrogens is 207 g/mol. The smallest absolute Gasteiger partial charge is 0.145 e. The standard InChI is InChI=1S/C12H13FN2O/c13-12-9(6-14)2-1-3-10(12)7-15-5-4-11(16)8-15/h1-3,11,16H,4-5,7-8H2/t11-/m0/s1. The van der Waals surface area contributed by atoms with Crippen molar-refractivity contribution in [1.29, 1.82) is 5.26 Å². The minimum absolute atomic E-state index is 0.0808. The Bertz CT molecular complexity index is 428. The minimum atomic E-state index is -0.439. The number of β-amino-alcohol motifs (C(OH)–C–C–N with tert-alkyl or cyclic N) is 1. The van der Waals surface area contributed by atoms with E-state index in [0.29, 0.717) is 18.7 Å². The number of nitrogens with zero attached hydrogens (tertiary/aromatic N) is 2. The van der Waals surface area contributed by atoms with Gasteiger partial charge >= 0.3 is 0 Å². The number of aliphatic hydroxyl groups is 1. The second-order valence-corrected chi connectivity index (χ2v) is 4.07. The fraction of sp³-hybridized carbons (Fsp3) is 0.417. The van der Waals surface area contributed by atoms with Gasteiger partial charge in [0.2, 0.25) is 0 Å². The third kappa shape index (κ3) is 2.21. The monoisotopic (exact) mass is 220 g/mol. The van der Waals surface area contributed by atoms with Crippen LogP contribution in [-0.2, 0) is 6.54 Å². The molecule has 0 aliphatic carbocycles. The highest BCUT2D eigenvalue weighted by atomic mass is 19.1. The van der Waals surface area contributed by atoms with Gasteiger partial charge in [-0.1, -0.05) is 12.1 Å². The lowest BCUT2D eigenvalue weighted by molar-refractivity contribution is 0.174. The molecule has 0 saturated carbocycles. The van der Waals surface area contributed by atoms with Crippen LogP contribution in [0.25, 0.3) is 0 Å². The van der Waals surface area contributed by atoms with Gasteiger partial charge in [-0.15, -0.1) is 0 Å². The van der Waals surface area contributed by atoms with Crippen LogP contribution in [-0.4, -0.2) is 29.2 Å². The molecule has 1 fully saturated rings. The second kappa shape index (κ2) is 4.60. The molecule has 1 aromatic rings. The lowest BCUT2D eigenvalue weighted by atomic mass is 10.1. The first-order chi connectivity index (χ1) is 7.70. The summed E-state index contributed by atoms with van der Waals surface area (Å²) in [6, 6.07) is 6.66. The van der Waals surface area contributed by atoms with Gasteiger partial charge in [0, 0.05) is 25.2 Å². The van der Waals surface area contributed by atoms with Crippen LogP contribution >= 0.6 is 0 Å². The molecular formula is C12H13FN2O. The highest BCUT2D eigenvalue weighted by Crippen LogP contribution is 2.17. The van der Waals surface area contributed by atoms with Crippen LogP contribution in [0.1, 0.15) is 17.5 Å². The predicted molar refractivity (Wildman–Crippen MR) is 57.0 cm³/mol. The summed E-state index contributed by atoms with van der Waals surface area (Å²) in [6.45, 7) is 1.81. The number of aliphatic hydroxyl groups excluding tert-OH is 1. The van der Waals surface area contributed by atoms with Gasteiger partial charge in [0.15, 0.2) is 0 Å². The maximum Gasteiger partial charge on any atom is 0.145 e. The normalized spacial score (nSPS) is 20.9. The van der Waals surface area contributed by atoms with E-state index in [0.717, 1.165) is 13.0 Å². The lowest BCUT2D eigenvalue weighted by Gasteiger charge is -2.15. The van der Waals surface area contributed by atoms with Crippen LogP contribution in [0.3, 0.4) is 0 Å². The summed E-state index contributed by atoms with van der Waals surface area (Å²) >= 11 is 0. The Morgan fingerprint density at radius 3 is 3.00 bits per heavy atom. The van der Waals surface area contributed by atoms with E-state index in [1.54, 1.807) is 12.1 Å². The van der Waals surface area contributed by atoms with E-state index in [4.69, 9.17) is 5.26 Å². The molecule has 1 heterocycles. The molecule has 1 aromatic carbocycles. The Labute approximate surface area is 93.7 Å². The Morgan fingerprint density at radius 1 is 1.56 bits per heavy atom. The van der Waals surface area contributed by atoms with Crippen LogP contribution in [0.2, 0.25) is 0 Å². The van der Waals surface area contributed by atoms with Crippen LogP contribution in [0.4, 0.5) is 4.39 Å². The van der Waals surface area contributed by atoms with Crippen molar-refractivity contribution in [2.75, 3.05) is 13.1 Å². The summed E-state index contributed by atoms with van der Waals surface area (Å²) in [5.41, 5.74) is 0.602. The molecule has 0 radical (unpaired) electrons. The average molecular weight is 220 g/mol. The van der Waals surface area contributed by atoms with Crippen molar-refractivity contribution in [3.05, 3.63) is 35.1 Å². The predicted octanol–water partition coefficient (Wildman–Crippen LogP) is 1.26. The number of halogens is 1. The van der Waals surface area contributed by atoms with Crippen molar-refractivity contribution in [2.24, 2.45) is 0 Å². The highest BCUT2D eigenvalue weighted by Gasteiger charge is 2.21. The summed E-state index contributed by atoms with van der Waals surface area (Å²) in [4.78, 5) is 1.99.